The summed E-state index contributed by atoms with van der Waals surface area (Å²) in [5.74, 6) is -3.28. The number of aliphatic hydroxyl groups excluding tert-OH is 3. The number of aliphatic imine (C=N–C) groups is 1. The quantitative estimate of drug-likeness (QED) is 0.0685. The van der Waals surface area contributed by atoms with E-state index in [0.717, 1.165) is 69.7 Å². The first-order valence-corrected chi connectivity index (χ1v) is 16.5. The summed E-state index contributed by atoms with van der Waals surface area (Å²) in [6.45, 7) is 8.17. The van der Waals surface area contributed by atoms with Gasteiger partial charge in [-0.15, -0.1) is 0 Å². The second kappa shape index (κ2) is 21.0. The molecule has 0 fully saturated rings. The first kappa shape index (κ1) is 38.2. The molecule has 0 bridgehead atoms. The van der Waals surface area contributed by atoms with E-state index in [-0.39, 0.29) is 13.0 Å². The van der Waals surface area contributed by atoms with Gasteiger partial charge in [0.2, 0.25) is 5.78 Å². The zero-order valence-corrected chi connectivity index (χ0v) is 25.2. The molecule has 0 saturated heterocycles. The van der Waals surface area contributed by atoms with Gasteiger partial charge in [0.15, 0.2) is 0 Å². The molecule has 0 aliphatic carbocycles. The summed E-state index contributed by atoms with van der Waals surface area (Å²) >= 11 is 4.39. The molecule has 6 N–H and O–H groups in total. The van der Waals surface area contributed by atoms with Crippen LogP contribution in [-0.2, 0) is 27.0 Å². The Balaban J connectivity index is 0. The highest BCUT2D eigenvalue weighted by molar-refractivity contribution is 7.75. The largest absolute Gasteiger partial charge is 0.793 e. The van der Waals surface area contributed by atoms with Gasteiger partial charge in [0.1, 0.15) is 17.4 Å². The van der Waals surface area contributed by atoms with Crippen LogP contribution in [0.1, 0.15) is 79.6 Å². The second-order valence-corrected chi connectivity index (χ2v) is 14.7. The van der Waals surface area contributed by atoms with Crippen LogP contribution in [0.5, 0.6) is 0 Å². The van der Waals surface area contributed by atoms with E-state index in [9.17, 15) is 34.8 Å². The molecular weight excluding hydrogens is 515 g/mol. The van der Waals surface area contributed by atoms with Crippen molar-refractivity contribution < 1.29 is 34.8 Å². The van der Waals surface area contributed by atoms with E-state index in [1.165, 1.54) is 0 Å². The van der Waals surface area contributed by atoms with Crippen molar-refractivity contribution in [1.29, 1.82) is 0 Å². The summed E-state index contributed by atoms with van der Waals surface area (Å²) in [5.41, 5.74) is 2.16. The number of hydrogen-bond acceptors (Lipinski definition) is 8. The number of rotatable bonds is 19. The Hall–Kier alpha value is -0.900. The Kier molecular flexibility index (Phi) is 21.7. The van der Waals surface area contributed by atoms with Gasteiger partial charge in [-0.1, -0.05) is 47.0 Å². The number of amides is 2. The highest BCUT2D eigenvalue weighted by Crippen LogP contribution is 2.62. The molecule has 0 saturated carbocycles. The van der Waals surface area contributed by atoms with Crippen LogP contribution in [0.4, 0.5) is 0 Å². The van der Waals surface area contributed by atoms with Gasteiger partial charge in [-0.05, 0) is 32.6 Å². The zero-order chi connectivity index (χ0) is 29.1. The monoisotopic (exact) mass is 566 g/mol. The van der Waals surface area contributed by atoms with E-state index in [4.69, 9.17) is 5.73 Å². The number of aliphatic hydroxyl groups is 4. The summed E-state index contributed by atoms with van der Waals surface area (Å²) < 4.78 is 0. The van der Waals surface area contributed by atoms with Crippen LogP contribution < -0.4 is 5.73 Å². The molecule has 0 spiro atoms. The SMILES string of the molecule is CCCC[P+](CCCC)(CCCC)CC(CCO)C(=O)C(=O)N=C(C(N)=O)[C@@H](O)[C@@](C)(O)CO.CC[S-]. The average molecular weight is 567 g/mol. The lowest BCUT2D eigenvalue weighted by atomic mass is 9.95. The summed E-state index contributed by atoms with van der Waals surface area (Å²) in [7, 11) is -1.58. The molecule has 2 amide bonds. The molecule has 0 aliphatic rings. The number of ketones is 1. The molecule has 0 aromatic rings. The number of nitrogens with zero attached hydrogens (tertiary/aromatic N) is 1. The van der Waals surface area contributed by atoms with Gasteiger partial charge < -0.3 is 38.8 Å². The Bertz CT molecular complexity index is 683. The number of nitrogens with two attached hydrogens (primary N) is 1. The number of carbonyl (C=O) groups excluding carboxylic acids is 3. The fourth-order valence-corrected chi connectivity index (χ4v) is 9.45. The number of Topliss-reactive ketones (excluding diaryl/α,β-unsaturated/α-hetero) is 1. The molecule has 218 valence electrons. The fraction of sp³-hybridized carbons (Fsp3) is 0.846. The fourth-order valence-electron chi connectivity index (χ4n) is 3.99. The lowest BCUT2D eigenvalue weighted by Crippen LogP contribution is -2.51. The smallest absolute Gasteiger partial charge is 0.313 e. The van der Waals surface area contributed by atoms with E-state index in [1.807, 2.05) is 6.92 Å². The standard InChI is InChI=1S/C24H45N2O7P.C2H6S/c1-5-8-13-34(14-9-6-2,15-10-7-3)16-18(11-12-27)20(29)23(32)26-19(22(25)31)21(30)24(4,33)17-28;1-2-3/h18,21,27-28,30,33H,5-17H2,1-4H3,(H-,25,31);3H,2H2,1H3/t18?,21-,24+;/m1./s1. The molecule has 0 heterocycles. The summed E-state index contributed by atoms with van der Waals surface area (Å²) in [5, 5.41) is 39.1. The Labute approximate surface area is 229 Å². The molecule has 0 radical (unpaired) electrons. The highest BCUT2D eigenvalue weighted by atomic mass is 32.1. The summed E-state index contributed by atoms with van der Waals surface area (Å²) in [4.78, 5) is 41.1. The molecule has 0 aromatic carbocycles. The van der Waals surface area contributed by atoms with Crippen molar-refractivity contribution in [1.82, 2.24) is 0 Å². The van der Waals surface area contributed by atoms with Crippen LogP contribution in [0.3, 0.4) is 0 Å². The Morgan fingerprint density at radius 1 is 0.973 bits per heavy atom. The second-order valence-electron chi connectivity index (χ2n) is 9.70. The van der Waals surface area contributed by atoms with Crippen LogP contribution in [0, 0.1) is 5.92 Å². The van der Waals surface area contributed by atoms with Crippen LogP contribution in [-0.4, -0.2) is 99.1 Å². The number of carbonyl (C=O) groups is 3. The van der Waals surface area contributed by atoms with Crippen molar-refractivity contribution in [2.75, 3.05) is 43.6 Å². The topological polar surface area (TPSA) is 171 Å². The maximum atomic E-state index is 13.1. The Morgan fingerprint density at radius 3 is 1.73 bits per heavy atom. The van der Waals surface area contributed by atoms with E-state index in [1.54, 1.807) is 0 Å². The van der Waals surface area contributed by atoms with Crippen molar-refractivity contribution in [2.45, 2.75) is 91.3 Å². The third kappa shape index (κ3) is 14.7. The van der Waals surface area contributed by atoms with E-state index in [0.29, 0.717) is 6.16 Å². The molecule has 0 rings (SSSR count). The molecule has 3 atom stereocenters. The minimum Gasteiger partial charge on any atom is -0.793 e. The van der Waals surface area contributed by atoms with Crippen LogP contribution in [0.25, 0.3) is 0 Å². The first-order valence-electron chi connectivity index (χ1n) is 13.4. The van der Waals surface area contributed by atoms with Crippen molar-refractivity contribution in [3.8, 4) is 0 Å². The van der Waals surface area contributed by atoms with Crippen molar-refractivity contribution >= 4 is 43.2 Å². The highest BCUT2D eigenvalue weighted by Gasteiger charge is 2.42. The zero-order valence-electron chi connectivity index (χ0n) is 23.4. The van der Waals surface area contributed by atoms with Crippen LogP contribution in [0.2, 0.25) is 0 Å². The van der Waals surface area contributed by atoms with Gasteiger partial charge in [-0.25, -0.2) is 4.99 Å². The number of hydrogen-bond donors (Lipinski definition) is 5. The van der Waals surface area contributed by atoms with Gasteiger partial charge >= 0.3 is 5.91 Å². The van der Waals surface area contributed by atoms with Gasteiger partial charge in [0.05, 0.1) is 37.2 Å². The number of primary amides is 1. The summed E-state index contributed by atoms with van der Waals surface area (Å²) in [6.07, 6.45) is 7.91. The molecule has 9 nitrogen and oxygen atoms in total. The minimum absolute atomic E-state index is 0.106. The third-order valence-electron chi connectivity index (χ3n) is 6.27. The lowest BCUT2D eigenvalue weighted by molar-refractivity contribution is -0.138. The molecule has 37 heavy (non-hydrogen) atoms. The van der Waals surface area contributed by atoms with Crippen molar-refractivity contribution in [2.24, 2.45) is 16.6 Å². The van der Waals surface area contributed by atoms with Crippen LogP contribution >= 0.6 is 7.26 Å². The van der Waals surface area contributed by atoms with Gasteiger partial charge in [0, 0.05) is 13.9 Å². The molecule has 0 aliphatic heterocycles. The normalized spacial score (nSPS) is 15.2. The third-order valence-corrected chi connectivity index (χ3v) is 11.3. The molecular formula is C26H51N2O7PS. The molecule has 11 heteroatoms. The van der Waals surface area contributed by atoms with Gasteiger partial charge in [-0.2, -0.15) is 5.75 Å². The van der Waals surface area contributed by atoms with Crippen LogP contribution in [0.15, 0.2) is 4.99 Å². The molecule has 1 unspecified atom stereocenters. The van der Waals surface area contributed by atoms with E-state index >= 15 is 0 Å². The summed E-state index contributed by atoms with van der Waals surface area (Å²) in [6, 6.07) is 0. The predicted molar refractivity (Wildman–Crippen MR) is 155 cm³/mol. The maximum absolute atomic E-state index is 13.1. The van der Waals surface area contributed by atoms with E-state index < -0.39 is 54.8 Å². The van der Waals surface area contributed by atoms with Gasteiger partial charge in [-0.3, -0.25) is 14.4 Å². The van der Waals surface area contributed by atoms with Gasteiger partial charge in [0.25, 0.3) is 5.91 Å². The number of unbranched alkanes of at least 4 members (excludes halogenated alkanes) is 3. The molecule has 0 aromatic heterocycles. The van der Waals surface area contributed by atoms with E-state index in [2.05, 4.69) is 38.4 Å². The first-order chi connectivity index (χ1) is 17.4. The minimum atomic E-state index is -2.18. The Morgan fingerprint density at radius 2 is 1.41 bits per heavy atom. The average Bonchev–Trinajstić information content (AvgIpc) is 2.86. The van der Waals surface area contributed by atoms with Crippen molar-refractivity contribution in [3.63, 3.8) is 0 Å². The maximum Gasteiger partial charge on any atom is 0.313 e. The van der Waals surface area contributed by atoms with Crippen molar-refractivity contribution in [3.05, 3.63) is 0 Å². The predicted octanol–water partition coefficient (Wildman–Crippen LogP) is 2.08. The lowest BCUT2D eigenvalue weighted by Gasteiger charge is -2.31.